The van der Waals surface area contributed by atoms with E-state index in [0.717, 1.165) is 0 Å². The molecule has 8 heteroatoms. The SMILES string of the molecule is CC1CN(S(=O)(=O)c2cc(Br)cnc2Cl)CC(C)N1C. The number of piperazine rings is 1. The minimum Gasteiger partial charge on any atom is -0.298 e. The molecule has 0 spiro atoms. The van der Waals surface area contributed by atoms with Crippen molar-refractivity contribution in [2.45, 2.75) is 30.8 Å². The zero-order valence-electron chi connectivity index (χ0n) is 11.5. The summed E-state index contributed by atoms with van der Waals surface area (Å²) in [5.41, 5.74) is 0. The Kier molecular flexibility index (Phi) is 4.76. The summed E-state index contributed by atoms with van der Waals surface area (Å²) in [6, 6.07) is 1.82. The van der Waals surface area contributed by atoms with Crippen molar-refractivity contribution in [1.29, 1.82) is 0 Å². The Morgan fingerprint density at radius 3 is 2.45 bits per heavy atom. The molecule has 2 rings (SSSR count). The molecule has 0 amide bonds. The van der Waals surface area contributed by atoms with Crippen LogP contribution in [-0.2, 0) is 10.0 Å². The number of nitrogens with zero attached hydrogens (tertiary/aromatic N) is 3. The molecule has 0 radical (unpaired) electrons. The first kappa shape index (κ1) is 16.2. The van der Waals surface area contributed by atoms with E-state index < -0.39 is 10.0 Å². The Morgan fingerprint density at radius 2 is 1.90 bits per heavy atom. The Bertz CT molecular complexity index is 599. The topological polar surface area (TPSA) is 53.5 Å². The second-order valence-electron chi connectivity index (χ2n) is 5.13. The van der Waals surface area contributed by atoms with Crippen molar-refractivity contribution < 1.29 is 8.42 Å². The maximum Gasteiger partial charge on any atom is 0.246 e. The van der Waals surface area contributed by atoms with E-state index in [-0.39, 0.29) is 22.1 Å². The predicted octanol–water partition coefficient (Wildman–Crippen LogP) is 2.21. The second kappa shape index (κ2) is 5.88. The van der Waals surface area contributed by atoms with Crippen LogP contribution in [0.4, 0.5) is 0 Å². The largest absolute Gasteiger partial charge is 0.298 e. The minimum atomic E-state index is -3.62. The number of halogens is 2. The minimum absolute atomic E-state index is 0.00688. The van der Waals surface area contributed by atoms with Gasteiger partial charge in [0, 0.05) is 35.8 Å². The molecule has 1 aliphatic heterocycles. The molecule has 2 unspecified atom stereocenters. The first-order valence-electron chi connectivity index (χ1n) is 6.26. The van der Waals surface area contributed by atoms with Gasteiger partial charge in [0.2, 0.25) is 10.0 Å². The summed E-state index contributed by atoms with van der Waals surface area (Å²) < 4.78 is 27.5. The maximum absolute atomic E-state index is 12.7. The van der Waals surface area contributed by atoms with Crippen molar-refractivity contribution >= 4 is 37.6 Å². The lowest BCUT2D eigenvalue weighted by molar-refractivity contribution is 0.105. The first-order chi connectivity index (χ1) is 9.23. The smallest absolute Gasteiger partial charge is 0.246 e. The average molecular weight is 383 g/mol. The van der Waals surface area contributed by atoms with Crippen LogP contribution in [0.5, 0.6) is 0 Å². The molecular weight excluding hydrogens is 366 g/mol. The van der Waals surface area contributed by atoms with E-state index in [2.05, 4.69) is 25.8 Å². The Balaban J connectivity index is 2.38. The van der Waals surface area contributed by atoms with Gasteiger partial charge >= 0.3 is 0 Å². The molecule has 112 valence electrons. The van der Waals surface area contributed by atoms with Crippen LogP contribution in [-0.4, -0.2) is 54.8 Å². The maximum atomic E-state index is 12.7. The van der Waals surface area contributed by atoms with Crippen LogP contribution < -0.4 is 0 Å². The molecule has 0 N–H and O–H groups in total. The van der Waals surface area contributed by atoms with Gasteiger partial charge in [-0.1, -0.05) is 11.6 Å². The van der Waals surface area contributed by atoms with Gasteiger partial charge in [-0.15, -0.1) is 0 Å². The van der Waals surface area contributed by atoms with E-state index >= 15 is 0 Å². The first-order valence-corrected chi connectivity index (χ1v) is 8.87. The fourth-order valence-electron chi connectivity index (χ4n) is 2.28. The van der Waals surface area contributed by atoms with E-state index in [1.54, 1.807) is 0 Å². The molecule has 2 atom stereocenters. The summed E-state index contributed by atoms with van der Waals surface area (Å²) in [6.45, 7) is 4.93. The van der Waals surface area contributed by atoms with Crippen LogP contribution in [0.1, 0.15) is 13.8 Å². The molecule has 1 aliphatic rings. The zero-order chi connectivity index (χ0) is 15.1. The van der Waals surface area contributed by atoms with Gasteiger partial charge in [-0.25, -0.2) is 13.4 Å². The van der Waals surface area contributed by atoms with Crippen molar-refractivity contribution in [3.8, 4) is 0 Å². The second-order valence-corrected chi connectivity index (χ2v) is 8.31. The highest BCUT2D eigenvalue weighted by molar-refractivity contribution is 9.10. The summed E-state index contributed by atoms with van der Waals surface area (Å²) in [6.07, 6.45) is 1.48. The average Bonchev–Trinajstić information content (AvgIpc) is 2.38. The summed E-state index contributed by atoms with van der Waals surface area (Å²) in [7, 11) is -1.62. The third-order valence-corrected chi connectivity index (χ3v) is 6.41. The van der Waals surface area contributed by atoms with Gasteiger partial charge in [0.25, 0.3) is 0 Å². The monoisotopic (exact) mass is 381 g/mol. The number of hydrogen-bond acceptors (Lipinski definition) is 4. The van der Waals surface area contributed by atoms with Crippen LogP contribution >= 0.6 is 27.5 Å². The molecule has 0 bridgehead atoms. The molecule has 0 aromatic carbocycles. The molecule has 0 saturated carbocycles. The Morgan fingerprint density at radius 1 is 1.35 bits per heavy atom. The molecule has 1 saturated heterocycles. The molecule has 1 fully saturated rings. The quantitative estimate of drug-likeness (QED) is 0.736. The van der Waals surface area contributed by atoms with Gasteiger partial charge < -0.3 is 0 Å². The van der Waals surface area contributed by atoms with Crippen molar-refractivity contribution in [2.75, 3.05) is 20.1 Å². The third-order valence-electron chi connectivity index (χ3n) is 3.72. The molecule has 0 aliphatic carbocycles. The van der Waals surface area contributed by atoms with Crippen molar-refractivity contribution in [1.82, 2.24) is 14.2 Å². The van der Waals surface area contributed by atoms with Crippen LogP contribution in [0.3, 0.4) is 0 Å². The van der Waals surface area contributed by atoms with Crippen LogP contribution in [0, 0.1) is 0 Å². The van der Waals surface area contributed by atoms with Crippen LogP contribution in [0.25, 0.3) is 0 Å². The van der Waals surface area contributed by atoms with E-state index in [0.29, 0.717) is 17.6 Å². The normalized spacial score (nSPS) is 25.9. The number of sulfonamides is 1. The molecule has 5 nitrogen and oxygen atoms in total. The van der Waals surface area contributed by atoms with E-state index in [1.165, 1.54) is 16.6 Å². The van der Waals surface area contributed by atoms with E-state index in [1.807, 2.05) is 20.9 Å². The van der Waals surface area contributed by atoms with Crippen molar-refractivity contribution in [3.63, 3.8) is 0 Å². The summed E-state index contributed by atoms with van der Waals surface area (Å²) in [5, 5.41) is 0.00688. The number of pyridine rings is 1. The lowest BCUT2D eigenvalue weighted by atomic mass is 10.1. The number of likely N-dealkylation sites (N-methyl/N-ethyl adjacent to an activating group) is 1. The lowest BCUT2D eigenvalue weighted by Crippen LogP contribution is -2.56. The molecule has 2 heterocycles. The van der Waals surface area contributed by atoms with Gasteiger partial charge in [-0.2, -0.15) is 4.31 Å². The fraction of sp³-hybridized carbons (Fsp3) is 0.583. The highest BCUT2D eigenvalue weighted by Crippen LogP contribution is 2.28. The van der Waals surface area contributed by atoms with Gasteiger partial charge in [0.15, 0.2) is 0 Å². The lowest BCUT2D eigenvalue weighted by Gasteiger charge is -2.41. The molecule has 20 heavy (non-hydrogen) atoms. The Labute approximate surface area is 133 Å². The van der Waals surface area contributed by atoms with Crippen LogP contribution in [0.15, 0.2) is 21.6 Å². The standard InChI is InChI=1S/C12H17BrClN3O2S/c1-8-6-17(7-9(2)16(8)3)20(18,19)11-4-10(13)5-15-12(11)14/h4-5,8-9H,6-7H2,1-3H3. The summed E-state index contributed by atoms with van der Waals surface area (Å²) in [4.78, 5) is 6.12. The summed E-state index contributed by atoms with van der Waals surface area (Å²) in [5.74, 6) is 0. The number of hydrogen-bond donors (Lipinski definition) is 0. The number of rotatable bonds is 2. The van der Waals surface area contributed by atoms with E-state index in [4.69, 9.17) is 11.6 Å². The highest BCUT2D eigenvalue weighted by Gasteiger charge is 2.35. The van der Waals surface area contributed by atoms with E-state index in [9.17, 15) is 8.42 Å². The predicted molar refractivity (Wildman–Crippen MR) is 82.4 cm³/mol. The molecule has 1 aromatic heterocycles. The highest BCUT2D eigenvalue weighted by atomic mass is 79.9. The Hall–Kier alpha value is -0.210. The van der Waals surface area contributed by atoms with Gasteiger partial charge in [0.1, 0.15) is 10.0 Å². The fourth-order valence-corrected chi connectivity index (χ4v) is 4.80. The van der Waals surface area contributed by atoms with Gasteiger partial charge in [-0.05, 0) is 42.9 Å². The third kappa shape index (κ3) is 3.01. The number of aromatic nitrogens is 1. The zero-order valence-corrected chi connectivity index (χ0v) is 14.7. The van der Waals surface area contributed by atoms with Crippen molar-refractivity contribution in [3.05, 3.63) is 21.9 Å². The molecule has 1 aromatic rings. The van der Waals surface area contributed by atoms with Gasteiger partial charge in [0.05, 0.1) is 0 Å². The van der Waals surface area contributed by atoms with Crippen LogP contribution in [0.2, 0.25) is 5.15 Å². The molecular formula is C12H17BrClN3O2S. The summed E-state index contributed by atoms with van der Waals surface area (Å²) >= 11 is 9.19. The van der Waals surface area contributed by atoms with Gasteiger partial charge in [-0.3, -0.25) is 4.90 Å². The van der Waals surface area contributed by atoms with Crippen molar-refractivity contribution in [2.24, 2.45) is 0 Å².